The first-order valence-electron chi connectivity index (χ1n) is 34.9. The molecule has 0 saturated heterocycles. The lowest BCUT2D eigenvalue weighted by Gasteiger charge is -2.11. The summed E-state index contributed by atoms with van der Waals surface area (Å²) in [5.41, 5.74) is 15.1. The Morgan fingerprint density at radius 3 is 1.22 bits per heavy atom. The van der Waals surface area contributed by atoms with E-state index in [1.807, 2.05) is 97.3 Å². The number of carbonyl (C=O) groups is 3. The van der Waals surface area contributed by atoms with Gasteiger partial charge in [0.15, 0.2) is 17.9 Å². The average molecular weight is 1570 g/mol. The second kappa shape index (κ2) is 38.5. The normalized spacial score (nSPS) is 11.1. The molecule has 1 atom stereocenters. The standard InChI is InChI=1S/C21H19ClN4O2.2C21H17ClN4O2.C14H13N2O2.C7H5ClN2/c3*1-28-19-7-3-13(9-24-19)2-5-16-6-4-14(10-23-16)20(27)18-12-26-21-17(18)8-15(22)11-25-21;1-18-14-7-4-11(8-16-14)2-5-13-6-3-12(10-17)9-15-13;8-6-3-5-1-2-9-7(5)10-4-6/h3-4,6-12,20,27H,2,5H2,1H3,(H,25,26);2*3-4,6-12H,2,5H2,1H3,(H,25,26);3-4,6-10H,1-2,5H2;1-4H,(H,9,10)/q;;;+1;. The van der Waals surface area contributed by atoms with E-state index in [0.717, 1.165) is 130 Å². The number of methoxy groups -OCH3 is 3. The molecule has 28 heteroatoms. The lowest BCUT2D eigenvalue weighted by Crippen LogP contribution is -2.03. The van der Waals surface area contributed by atoms with Crippen molar-refractivity contribution in [2.45, 2.75) is 57.5 Å². The van der Waals surface area contributed by atoms with Gasteiger partial charge in [-0.25, -0.2) is 39.3 Å². The molecule has 0 radical (unpaired) electrons. The van der Waals surface area contributed by atoms with Crippen molar-refractivity contribution in [3.63, 3.8) is 0 Å². The van der Waals surface area contributed by atoms with Gasteiger partial charge in [-0.3, -0.25) is 34.3 Å². The smallest absolute Gasteiger partial charge is 0.451 e. The monoisotopic (exact) mass is 1570 g/mol. The summed E-state index contributed by atoms with van der Waals surface area (Å²) >= 11 is 23.8. The Bertz CT molecular complexity index is 5580. The number of ether oxygens (including phenoxy) is 3. The van der Waals surface area contributed by atoms with Crippen LogP contribution in [0.1, 0.15) is 104 Å². The van der Waals surface area contributed by atoms with E-state index in [2.05, 4.69) is 86.5 Å². The Hall–Kier alpha value is -12.8. The Labute approximate surface area is 661 Å². The van der Waals surface area contributed by atoms with E-state index in [-0.39, 0.29) is 11.6 Å². The predicted octanol–water partition coefficient (Wildman–Crippen LogP) is 16.3. The summed E-state index contributed by atoms with van der Waals surface area (Å²) in [6, 6.07) is 39.1. The van der Waals surface area contributed by atoms with Crippen molar-refractivity contribution in [3.05, 3.63) is 331 Å². The van der Waals surface area contributed by atoms with E-state index in [1.165, 1.54) is 0 Å². The van der Waals surface area contributed by atoms with E-state index in [9.17, 15) is 19.5 Å². The fraction of sp³-hybridized carbons (Fsp3) is 0.143. The number of nitrogens with one attached hydrogen (secondary N) is 4. The Kier molecular flexibility index (Phi) is 27.1. The number of aryl methyl sites for hydroxylation is 8. The molecule has 16 heterocycles. The van der Waals surface area contributed by atoms with Crippen molar-refractivity contribution in [2.24, 2.45) is 0 Å². The second-order valence-electron chi connectivity index (χ2n) is 25.1. The Balaban J connectivity index is 0.000000134. The van der Waals surface area contributed by atoms with Crippen LogP contribution in [0.4, 0.5) is 0 Å². The van der Waals surface area contributed by atoms with Crippen LogP contribution in [-0.4, -0.2) is 131 Å². The zero-order chi connectivity index (χ0) is 78.3. The van der Waals surface area contributed by atoms with E-state index < -0.39 is 6.10 Å². The van der Waals surface area contributed by atoms with Crippen LogP contribution in [0, 0.1) is 0 Å². The predicted molar refractivity (Wildman–Crippen MR) is 430 cm³/mol. The van der Waals surface area contributed by atoms with E-state index in [1.54, 1.807) is 151 Å². The molecule has 0 aliphatic carbocycles. The minimum atomic E-state index is -0.804. The van der Waals surface area contributed by atoms with E-state index in [4.69, 9.17) is 65.0 Å². The number of pyridine rings is 12. The van der Waals surface area contributed by atoms with Crippen LogP contribution in [0.15, 0.2) is 227 Å². The molecule has 0 bridgehead atoms. The molecule has 562 valence electrons. The summed E-state index contributed by atoms with van der Waals surface area (Å²) in [6.07, 6.45) is 33.3. The maximum absolute atomic E-state index is 12.8. The number of aromatic nitrogens is 16. The van der Waals surface area contributed by atoms with Gasteiger partial charge in [-0.1, -0.05) is 70.7 Å². The Morgan fingerprint density at radius 2 is 0.830 bits per heavy atom. The van der Waals surface area contributed by atoms with Gasteiger partial charge in [0.2, 0.25) is 17.6 Å². The summed E-state index contributed by atoms with van der Waals surface area (Å²) in [4.78, 5) is 99.1. The number of aliphatic hydroxyl groups excluding tert-OH is 1. The molecule has 0 aliphatic rings. The number of carbonyl (C=O) groups excluding carboxylic acids is 4. The number of aromatic amines is 4. The number of hydrogen-bond acceptors (Lipinski definition) is 19. The molecule has 112 heavy (non-hydrogen) atoms. The summed E-state index contributed by atoms with van der Waals surface area (Å²) in [5, 5.41) is 16.2. The number of hydrogen-bond donors (Lipinski definition) is 5. The van der Waals surface area contributed by atoms with Crippen molar-refractivity contribution in [1.29, 1.82) is 0 Å². The van der Waals surface area contributed by atoms with Crippen LogP contribution in [0.2, 0.25) is 20.1 Å². The molecule has 24 nitrogen and oxygen atoms in total. The summed E-state index contributed by atoms with van der Waals surface area (Å²) in [7, 11) is 4.79. The van der Waals surface area contributed by atoms with Crippen molar-refractivity contribution in [1.82, 2.24) is 79.7 Å². The molecule has 0 saturated carbocycles. The number of ketones is 2. The topological polar surface area (TPSA) is 328 Å². The highest BCUT2D eigenvalue weighted by Crippen LogP contribution is 2.31. The minimum absolute atomic E-state index is 0.117. The van der Waals surface area contributed by atoms with Crippen molar-refractivity contribution in [3.8, 4) is 23.5 Å². The van der Waals surface area contributed by atoms with Crippen LogP contribution < -0.4 is 14.2 Å². The van der Waals surface area contributed by atoms with Crippen LogP contribution in [0.3, 0.4) is 0 Å². The Morgan fingerprint density at radius 1 is 0.420 bits per heavy atom. The molecular weight excluding hydrogens is 1500 g/mol. The number of rotatable bonds is 23. The summed E-state index contributed by atoms with van der Waals surface area (Å²) in [6.45, 7) is 3.29. The zero-order valence-corrected chi connectivity index (χ0v) is 63.6. The van der Waals surface area contributed by atoms with Gasteiger partial charge in [0.25, 0.3) is 6.79 Å². The molecule has 0 aliphatic heterocycles. The number of H-pyrrole nitrogens is 4. The highest BCUT2D eigenvalue weighted by atomic mass is 35.5. The van der Waals surface area contributed by atoms with Gasteiger partial charge in [-0.2, -0.15) is 4.98 Å². The van der Waals surface area contributed by atoms with Gasteiger partial charge in [-0.15, -0.1) is 0 Å². The minimum Gasteiger partial charge on any atom is -0.481 e. The average Bonchev–Trinajstić information content (AvgIpc) is 1.66. The lowest BCUT2D eigenvalue weighted by atomic mass is 10.0. The largest absolute Gasteiger partial charge is 0.481 e. The van der Waals surface area contributed by atoms with Crippen molar-refractivity contribution >= 4 is 115 Å². The van der Waals surface area contributed by atoms with Gasteiger partial charge in [0.1, 0.15) is 28.7 Å². The van der Waals surface area contributed by atoms with Crippen LogP contribution >= 0.6 is 46.4 Å². The third kappa shape index (κ3) is 21.1. The first-order valence-corrected chi connectivity index (χ1v) is 36.4. The third-order valence-corrected chi connectivity index (χ3v) is 18.5. The second-order valence-corrected chi connectivity index (χ2v) is 26.8. The van der Waals surface area contributed by atoms with Gasteiger partial charge >= 0.3 is 5.88 Å². The summed E-state index contributed by atoms with van der Waals surface area (Å²) in [5.74, 6) is 2.07. The molecular formula is C84H71Cl4N16O8+. The van der Waals surface area contributed by atoms with Crippen molar-refractivity contribution < 1.29 is 38.1 Å². The van der Waals surface area contributed by atoms with Crippen LogP contribution in [0.25, 0.3) is 44.1 Å². The SMILES string of the molecule is C=[O+]c1ccc(CCc2ccc(C=O)cn2)cn1.COc1ccc(CCc2ccc(C(=O)c3c[nH]c4ncc(Cl)cc34)cn2)cn1.COc1ccc(CCc2ccc(C(=O)c3c[nH]c4ncc(Cl)cc34)cn2)cn1.COc1ccc(CCc2ccc(C(O)c3c[nH]c4ncc(Cl)cc34)cn2)cn1.Clc1cnc2[nH]ccc2c1. The van der Waals surface area contributed by atoms with Crippen LogP contribution in [0.5, 0.6) is 23.5 Å². The number of aliphatic hydroxyl groups is 1. The maximum Gasteiger partial charge on any atom is 0.451 e. The number of nitrogens with zero attached hydrogens (tertiary/aromatic N) is 12. The molecule has 16 aromatic heterocycles. The fourth-order valence-electron chi connectivity index (χ4n) is 11.5. The van der Waals surface area contributed by atoms with Gasteiger partial charge in [-0.05, 0) is 152 Å². The molecule has 16 aromatic rings. The van der Waals surface area contributed by atoms with Gasteiger partial charge < -0.3 is 39.3 Å². The zero-order valence-electron chi connectivity index (χ0n) is 60.6. The lowest BCUT2D eigenvalue weighted by molar-refractivity contribution is -0.360. The number of halogens is 4. The molecule has 0 fully saturated rings. The summed E-state index contributed by atoms with van der Waals surface area (Å²) < 4.78 is 19.9. The highest BCUT2D eigenvalue weighted by Gasteiger charge is 2.20. The van der Waals surface area contributed by atoms with Crippen LogP contribution in [-0.2, 0) is 55.8 Å². The molecule has 0 aromatic carbocycles. The third-order valence-electron chi connectivity index (χ3n) is 17.6. The maximum atomic E-state index is 12.8. The van der Waals surface area contributed by atoms with Gasteiger partial charge in [0, 0.05) is 201 Å². The quantitative estimate of drug-likeness (QED) is 0.0226. The van der Waals surface area contributed by atoms with E-state index >= 15 is 0 Å². The molecule has 5 N–H and O–H groups in total. The van der Waals surface area contributed by atoms with E-state index in [0.29, 0.717) is 99.1 Å². The number of aldehydes is 1. The van der Waals surface area contributed by atoms with Crippen molar-refractivity contribution in [2.75, 3.05) is 21.3 Å². The molecule has 1 unspecified atom stereocenters. The molecule has 0 spiro atoms. The first kappa shape index (κ1) is 78.7. The molecule has 0 amide bonds. The highest BCUT2D eigenvalue weighted by molar-refractivity contribution is 6.32. The first-order chi connectivity index (χ1) is 54.6. The number of fused-ring (bicyclic) bond motifs is 4. The van der Waals surface area contributed by atoms with Gasteiger partial charge in [0.05, 0.1) is 47.5 Å². The molecule has 16 rings (SSSR count). The fourth-order valence-corrected chi connectivity index (χ4v) is 12.2.